The van der Waals surface area contributed by atoms with Crippen molar-refractivity contribution in [2.24, 2.45) is 0 Å². The van der Waals surface area contributed by atoms with E-state index in [1.807, 2.05) is 0 Å². The van der Waals surface area contributed by atoms with Crippen LogP contribution in [0.3, 0.4) is 0 Å². The Morgan fingerprint density at radius 1 is 1.47 bits per heavy atom. The summed E-state index contributed by atoms with van der Waals surface area (Å²) in [7, 11) is 0. The van der Waals surface area contributed by atoms with Crippen LogP contribution in [0.15, 0.2) is 0 Å². The summed E-state index contributed by atoms with van der Waals surface area (Å²) in [5, 5.41) is 12.7. The van der Waals surface area contributed by atoms with Crippen LogP contribution in [0.5, 0.6) is 0 Å². The third kappa shape index (κ3) is 3.97. The van der Waals surface area contributed by atoms with E-state index in [2.05, 4.69) is 39.1 Å². The van der Waals surface area contributed by atoms with Gasteiger partial charge in [0.15, 0.2) is 0 Å². The second-order valence-electron chi connectivity index (χ2n) is 5.72. The average Bonchev–Trinajstić information content (AvgIpc) is 2.70. The van der Waals surface area contributed by atoms with Crippen molar-refractivity contribution in [2.45, 2.75) is 77.0 Å². The number of nitriles is 1. The van der Waals surface area contributed by atoms with Gasteiger partial charge in [-0.15, -0.1) is 0 Å². The molecule has 0 aromatic heterocycles. The van der Waals surface area contributed by atoms with Gasteiger partial charge in [0, 0.05) is 6.42 Å². The average molecular weight is 238 g/mol. The molecule has 0 aromatic rings. The molecular formula is C14H26N2O. The Hall–Kier alpha value is -0.590. The highest BCUT2D eigenvalue weighted by Gasteiger charge is 2.41. The standard InChI is InChI=1S/C14H26N2O/c1-5-9-16-14(11-15)8-7-12(10-14)17-13(3,4)6-2/h12,16H,5-10H2,1-4H3. The minimum Gasteiger partial charge on any atom is -0.372 e. The van der Waals surface area contributed by atoms with Crippen LogP contribution in [-0.2, 0) is 4.74 Å². The maximum Gasteiger partial charge on any atom is 0.109 e. The van der Waals surface area contributed by atoms with Crippen LogP contribution < -0.4 is 5.32 Å². The number of hydrogen-bond acceptors (Lipinski definition) is 3. The predicted octanol–water partition coefficient (Wildman–Crippen LogP) is 3.01. The fraction of sp³-hybridized carbons (Fsp3) is 0.929. The lowest BCUT2D eigenvalue weighted by atomic mass is 9.99. The molecule has 0 bridgehead atoms. The fourth-order valence-corrected chi connectivity index (χ4v) is 2.30. The minimum atomic E-state index is -0.343. The lowest BCUT2D eigenvalue weighted by molar-refractivity contribution is -0.0715. The molecule has 2 atom stereocenters. The zero-order valence-corrected chi connectivity index (χ0v) is 11.7. The molecule has 1 rings (SSSR count). The number of nitrogens with one attached hydrogen (secondary N) is 1. The molecule has 2 unspecified atom stereocenters. The Kier molecular flexibility index (Phi) is 4.97. The minimum absolute atomic E-state index is 0.0685. The lowest BCUT2D eigenvalue weighted by Gasteiger charge is -2.29. The predicted molar refractivity (Wildman–Crippen MR) is 69.7 cm³/mol. The SMILES string of the molecule is CCCNC1(C#N)CCC(OC(C)(C)CC)C1. The smallest absolute Gasteiger partial charge is 0.109 e. The van der Waals surface area contributed by atoms with Crippen LogP contribution in [0.2, 0.25) is 0 Å². The zero-order valence-electron chi connectivity index (χ0n) is 11.7. The molecule has 0 aromatic carbocycles. The van der Waals surface area contributed by atoms with Crippen LogP contribution in [-0.4, -0.2) is 23.8 Å². The van der Waals surface area contributed by atoms with E-state index in [1.54, 1.807) is 0 Å². The molecule has 17 heavy (non-hydrogen) atoms. The van der Waals surface area contributed by atoms with Gasteiger partial charge in [0.1, 0.15) is 5.54 Å². The van der Waals surface area contributed by atoms with Crippen molar-refractivity contribution in [3.8, 4) is 6.07 Å². The molecule has 0 heterocycles. The summed E-state index contributed by atoms with van der Waals surface area (Å²) in [5.74, 6) is 0. The fourth-order valence-electron chi connectivity index (χ4n) is 2.30. The first-order chi connectivity index (χ1) is 7.97. The highest BCUT2D eigenvalue weighted by atomic mass is 16.5. The van der Waals surface area contributed by atoms with Crippen LogP contribution in [0, 0.1) is 11.3 Å². The second kappa shape index (κ2) is 5.84. The van der Waals surface area contributed by atoms with Crippen LogP contribution >= 0.6 is 0 Å². The summed E-state index contributed by atoms with van der Waals surface area (Å²) in [5.41, 5.74) is -0.411. The Balaban J connectivity index is 2.53. The molecule has 0 saturated heterocycles. The molecule has 0 aliphatic heterocycles. The van der Waals surface area contributed by atoms with Crippen molar-refractivity contribution in [3.05, 3.63) is 0 Å². The lowest BCUT2D eigenvalue weighted by Crippen LogP contribution is -2.43. The summed E-state index contributed by atoms with van der Waals surface area (Å²) >= 11 is 0. The van der Waals surface area contributed by atoms with Gasteiger partial charge in [-0.25, -0.2) is 0 Å². The van der Waals surface area contributed by atoms with Crippen molar-refractivity contribution in [1.82, 2.24) is 5.32 Å². The van der Waals surface area contributed by atoms with Gasteiger partial charge in [-0.05, 0) is 46.1 Å². The van der Waals surface area contributed by atoms with E-state index >= 15 is 0 Å². The van der Waals surface area contributed by atoms with Crippen molar-refractivity contribution >= 4 is 0 Å². The molecule has 0 amide bonds. The number of ether oxygens (including phenoxy) is 1. The summed E-state index contributed by atoms with van der Waals surface area (Å²) < 4.78 is 6.09. The largest absolute Gasteiger partial charge is 0.372 e. The maximum atomic E-state index is 9.35. The molecule has 1 saturated carbocycles. The normalized spacial score (nSPS) is 29.2. The molecule has 3 heteroatoms. The molecule has 1 N–H and O–H groups in total. The van der Waals surface area contributed by atoms with Crippen molar-refractivity contribution in [2.75, 3.05) is 6.54 Å². The van der Waals surface area contributed by atoms with E-state index in [1.165, 1.54) is 0 Å². The molecule has 1 aliphatic carbocycles. The van der Waals surface area contributed by atoms with E-state index in [0.717, 1.165) is 38.6 Å². The van der Waals surface area contributed by atoms with Crippen LogP contribution in [0.25, 0.3) is 0 Å². The van der Waals surface area contributed by atoms with E-state index in [0.29, 0.717) is 0 Å². The van der Waals surface area contributed by atoms with Gasteiger partial charge in [-0.2, -0.15) is 5.26 Å². The summed E-state index contributed by atoms with van der Waals surface area (Å²) in [4.78, 5) is 0. The Bertz CT molecular complexity index is 282. The van der Waals surface area contributed by atoms with Gasteiger partial charge in [0.2, 0.25) is 0 Å². The highest BCUT2D eigenvalue weighted by molar-refractivity contribution is 5.12. The zero-order chi connectivity index (χ0) is 12.9. The third-order valence-electron chi connectivity index (χ3n) is 3.73. The quantitative estimate of drug-likeness (QED) is 0.773. The Morgan fingerprint density at radius 2 is 2.18 bits per heavy atom. The van der Waals surface area contributed by atoms with Gasteiger partial charge in [0.25, 0.3) is 0 Å². The molecule has 98 valence electrons. The summed E-state index contributed by atoms with van der Waals surface area (Å²) in [6.07, 6.45) is 5.03. The first-order valence-corrected chi connectivity index (χ1v) is 6.81. The topological polar surface area (TPSA) is 45.0 Å². The molecule has 3 nitrogen and oxygen atoms in total. The Morgan fingerprint density at radius 3 is 2.71 bits per heavy atom. The van der Waals surface area contributed by atoms with E-state index in [-0.39, 0.29) is 17.2 Å². The van der Waals surface area contributed by atoms with E-state index < -0.39 is 0 Å². The molecular weight excluding hydrogens is 212 g/mol. The highest BCUT2D eigenvalue weighted by Crippen LogP contribution is 2.34. The summed E-state index contributed by atoms with van der Waals surface area (Å²) in [6, 6.07) is 2.45. The van der Waals surface area contributed by atoms with Crippen LogP contribution in [0.1, 0.15) is 59.8 Å². The molecule has 0 spiro atoms. The van der Waals surface area contributed by atoms with Gasteiger partial charge in [-0.1, -0.05) is 13.8 Å². The molecule has 1 aliphatic rings. The van der Waals surface area contributed by atoms with Gasteiger partial charge in [0.05, 0.1) is 17.8 Å². The van der Waals surface area contributed by atoms with E-state index in [9.17, 15) is 5.26 Å². The molecule has 1 fully saturated rings. The number of nitrogens with zero attached hydrogens (tertiary/aromatic N) is 1. The second-order valence-corrected chi connectivity index (χ2v) is 5.72. The van der Waals surface area contributed by atoms with Crippen molar-refractivity contribution in [1.29, 1.82) is 5.26 Å². The summed E-state index contributed by atoms with van der Waals surface area (Å²) in [6.45, 7) is 9.43. The van der Waals surface area contributed by atoms with Gasteiger partial charge in [-0.3, -0.25) is 5.32 Å². The van der Waals surface area contributed by atoms with Crippen LogP contribution in [0.4, 0.5) is 0 Å². The number of hydrogen-bond donors (Lipinski definition) is 1. The van der Waals surface area contributed by atoms with Crippen molar-refractivity contribution < 1.29 is 4.74 Å². The van der Waals surface area contributed by atoms with E-state index in [4.69, 9.17) is 4.74 Å². The first kappa shape index (κ1) is 14.5. The number of rotatable bonds is 6. The molecule has 0 radical (unpaired) electrons. The van der Waals surface area contributed by atoms with Crippen molar-refractivity contribution in [3.63, 3.8) is 0 Å². The third-order valence-corrected chi connectivity index (χ3v) is 3.73. The van der Waals surface area contributed by atoms with Gasteiger partial charge < -0.3 is 4.74 Å². The Labute approximate surface area is 106 Å². The monoisotopic (exact) mass is 238 g/mol. The maximum absolute atomic E-state index is 9.35. The first-order valence-electron chi connectivity index (χ1n) is 6.81. The van der Waals surface area contributed by atoms with Gasteiger partial charge >= 0.3 is 0 Å².